The van der Waals surface area contributed by atoms with Crippen LogP contribution in [0.15, 0.2) is 0 Å². The van der Waals surface area contributed by atoms with Crippen molar-refractivity contribution in [3.05, 3.63) is 0 Å². The average molecular weight is 207 g/mol. The van der Waals surface area contributed by atoms with Gasteiger partial charge in [0.25, 0.3) is 0 Å². The highest BCUT2D eigenvalue weighted by Crippen LogP contribution is 1.79. The molecule has 84 valence electrons. The van der Waals surface area contributed by atoms with Gasteiger partial charge < -0.3 is 24.6 Å². The van der Waals surface area contributed by atoms with Crippen molar-refractivity contribution in [1.29, 1.82) is 0 Å². The number of methoxy groups -OCH3 is 1. The molecule has 0 spiro atoms. The third-order valence-electron chi connectivity index (χ3n) is 1.33. The summed E-state index contributed by atoms with van der Waals surface area (Å²) in [6, 6.07) is 0. The van der Waals surface area contributed by atoms with Gasteiger partial charge in [-0.05, 0) is 0 Å². The Labute approximate surface area is 83.1 Å². The van der Waals surface area contributed by atoms with E-state index >= 15 is 0 Å². The molecule has 0 aromatic carbocycles. The second-order valence-corrected chi connectivity index (χ2v) is 2.45. The molecule has 0 rings (SSSR count). The Kier molecular flexibility index (Phi) is 9.61. The van der Waals surface area contributed by atoms with Crippen molar-refractivity contribution in [3.8, 4) is 0 Å². The van der Waals surface area contributed by atoms with Crippen molar-refractivity contribution in [1.82, 2.24) is 5.32 Å². The van der Waals surface area contributed by atoms with Gasteiger partial charge in [-0.25, -0.2) is 4.79 Å². The Bertz CT molecular complexity index is 142. The molecule has 0 aliphatic rings. The van der Waals surface area contributed by atoms with Gasteiger partial charge in [0.1, 0.15) is 0 Å². The van der Waals surface area contributed by atoms with Crippen molar-refractivity contribution in [2.45, 2.75) is 0 Å². The van der Waals surface area contributed by atoms with E-state index in [4.69, 9.17) is 19.3 Å². The monoisotopic (exact) mass is 207 g/mol. The van der Waals surface area contributed by atoms with Gasteiger partial charge in [0, 0.05) is 13.7 Å². The Hall–Kier alpha value is -0.850. The van der Waals surface area contributed by atoms with Crippen LogP contribution in [0.5, 0.6) is 0 Å². The van der Waals surface area contributed by atoms with E-state index < -0.39 is 6.09 Å². The maximum absolute atomic E-state index is 10.0. The van der Waals surface area contributed by atoms with Crippen molar-refractivity contribution in [3.63, 3.8) is 0 Å². The first-order chi connectivity index (χ1) is 6.77. The highest BCUT2D eigenvalue weighted by molar-refractivity contribution is 5.64. The van der Waals surface area contributed by atoms with E-state index in [1.54, 1.807) is 7.11 Å². The van der Waals surface area contributed by atoms with Crippen molar-refractivity contribution in [2.24, 2.45) is 0 Å². The van der Waals surface area contributed by atoms with Gasteiger partial charge in [0.15, 0.2) is 0 Å². The summed E-state index contributed by atoms with van der Waals surface area (Å²) >= 11 is 0. The second kappa shape index (κ2) is 10.2. The standard InChI is InChI=1S/C8H17NO5/c1-12-4-5-14-7-6-13-3-2-9-8(10)11/h9H,2-7H2,1H3,(H,10,11). The maximum atomic E-state index is 10.0. The van der Waals surface area contributed by atoms with Crippen LogP contribution in [-0.4, -0.2) is 57.9 Å². The lowest BCUT2D eigenvalue weighted by Crippen LogP contribution is -2.25. The summed E-state index contributed by atoms with van der Waals surface area (Å²) in [5.74, 6) is 0. The van der Waals surface area contributed by atoms with E-state index in [1.807, 2.05) is 0 Å². The van der Waals surface area contributed by atoms with Crippen molar-refractivity contribution in [2.75, 3.05) is 46.7 Å². The van der Waals surface area contributed by atoms with E-state index in [9.17, 15) is 4.79 Å². The summed E-state index contributed by atoms with van der Waals surface area (Å²) in [6.45, 7) is 2.74. The lowest BCUT2D eigenvalue weighted by Gasteiger charge is -2.05. The molecule has 14 heavy (non-hydrogen) atoms. The Morgan fingerprint density at radius 2 is 1.71 bits per heavy atom. The van der Waals surface area contributed by atoms with Gasteiger partial charge in [0.05, 0.1) is 33.0 Å². The lowest BCUT2D eigenvalue weighted by molar-refractivity contribution is 0.0257. The zero-order valence-electron chi connectivity index (χ0n) is 8.32. The number of carboxylic acid groups (broad SMARTS) is 1. The topological polar surface area (TPSA) is 77.0 Å². The molecule has 2 N–H and O–H groups in total. The van der Waals surface area contributed by atoms with Crippen molar-refractivity contribution >= 4 is 6.09 Å². The van der Waals surface area contributed by atoms with E-state index in [0.717, 1.165) is 0 Å². The minimum Gasteiger partial charge on any atom is -0.465 e. The zero-order chi connectivity index (χ0) is 10.6. The molecule has 0 bridgehead atoms. The largest absolute Gasteiger partial charge is 0.465 e. The zero-order valence-corrected chi connectivity index (χ0v) is 8.32. The fourth-order valence-corrected chi connectivity index (χ4v) is 0.694. The van der Waals surface area contributed by atoms with Crippen molar-refractivity contribution < 1.29 is 24.1 Å². The van der Waals surface area contributed by atoms with Gasteiger partial charge in [-0.1, -0.05) is 0 Å². The molecule has 0 unspecified atom stereocenters. The Balaban J connectivity index is 2.88. The molecule has 0 aromatic heterocycles. The van der Waals surface area contributed by atoms with Crippen LogP contribution in [0, 0.1) is 0 Å². The van der Waals surface area contributed by atoms with Gasteiger partial charge in [0.2, 0.25) is 0 Å². The lowest BCUT2D eigenvalue weighted by atomic mass is 10.6. The number of hydrogen-bond acceptors (Lipinski definition) is 4. The maximum Gasteiger partial charge on any atom is 0.404 e. The summed E-state index contributed by atoms with van der Waals surface area (Å²) in [7, 11) is 1.61. The molecule has 6 nitrogen and oxygen atoms in total. The summed E-state index contributed by atoms with van der Waals surface area (Å²) in [4.78, 5) is 10.0. The molecule has 0 aliphatic heterocycles. The number of nitrogens with one attached hydrogen (secondary N) is 1. The van der Waals surface area contributed by atoms with E-state index in [1.165, 1.54) is 0 Å². The normalized spacial score (nSPS) is 10.1. The van der Waals surface area contributed by atoms with E-state index in [0.29, 0.717) is 39.6 Å². The van der Waals surface area contributed by atoms with Crippen LogP contribution < -0.4 is 5.32 Å². The van der Waals surface area contributed by atoms with Crippen LogP contribution in [0.2, 0.25) is 0 Å². The Morgan fingerprint density at radius 3 is 2.29 bits per heavy atom. The predicted molar refractivity (Wildman–Crippen MR) is 49.5 cm³/mol. The molecule has 0 saturated carbocycles. The third-order valence-corrected chi connectivity index (χ3v) is 1.33. The van der Waals surface area contributed by atoms with Gasteiger partial charge in [-0.3, -0.25) is 0 Å². The molecular weight excluding hydrogens is 190 g/mol. The summed E-state index contributed by atoms with van der Waals surface area (Å²) in [5, 5.41) is 10.4. The number of amides is 1. The third kappa shape index (κ3) is 11.2. The summed E-state index contributed by atoms with van der Waals surface area (Å²) in [6.07, 6.45) is -1.04. The predicted octanol–water partition coefficient (Wildman–Crippen LogP) is -0.0664. The van der Waals surface area contributed by atoms with Gasteiger partial charge in [-0.15, -0.1) is 0 Å². The molecule has 0 fully saturated rings. The molecule has 0 aliphatic carbocycles. The fourth-order valence-electron chi connectivity index (χ4n) is 0.694. The number of hydrogen-bond donors (Lipinski definition) is 2. The quantitative estimate of drug-likeness (QED) is 0.518. The first-order valence-corrected chi connectivity index (χ1v) is 4.38. The number of rotatable bonds is 9. The average Bonchev–Trinajstić information content (AvgIpc) is 2.15. The molecule has 0 saturated heterocycles. The first-order valence-electron chi connectivity index (χ1n) is 4.38. The van der Waals surface area contributed by atoms with Crippen LogP contribution >= 0.6 is 0 Å². The van der Waals surface area contributed by atoms with Gasteiger partial charge in [-0.2, -0.15) is 0 Å². The molecular formula is C8H17NO5. The SMILES string of the molecule is COCCOCCOCCNC(=O)O. The van der Waals surface area contributed by atoms with E-state index in [-0.39, 0.29) is 0 Å². The van der Waals surface area contributed by atoms with Gasteiger partial charge >= 0.3 is 6.09 Å². The van der Waals surface area contributed by atoms with Crippen LogP contribution in [-0.2, 0) is 14.2 Å². The number of ether oxygens (including phenoxy) is 3. The first kappa shape index (κ1) is 13.2. The summed E-state index contributed by atoms with van der Waals surface area (Å²) in [5.41, 5.74) is 0. The minimum atomic E-state index is -1.04. The molecule has 1 amide bonds. The molecule has 6 heteroatoms. The minimum absolute atomic E-state index is 0.299. The molecule has 0 aromatic rings. The highest BCUT2D eigenvalue weighted by Gasteiger charge is 1.93. The van der Waals surface area contributed by atoms with Crippen LogP contribution in [0.3, 0.4) is 0 Å². The number of carbonyl (C=O) groups is 1. The second-order valence-electron chi connectivity index (χ2n) is 2.45. The Morgan fingerprint density at radius 1 is 1.14 bits per heavy atom. The molecule has 0 atom stereocenters. The smallest absolute Gasteiger partial charge is 0.404 e. The van der Waals surface area contributed by atoms with Crippen LogP contribution in [0.25, 0.3) is 0 Å². The fraction of sp³-hybridized carbons (Fsp3) is 0.875. The van der Waals surface area contributed by atoms with Crippen LogP contribution in [0.1, 0.15) is 0 Å². The highest BCUT2D eigenvalue weighted by atomic mass is 16.5. The molecule has 0 radical (unpaired) electrons. The van der Waals surface area contributed by atoms with E-state index in [2.05, 4.69) is 5.32 Å². The summed E-state index contributed by atoms with van der Waals surface area (Å²) < 4.78 is 15.0. The molecule has 0 heterocycles. The van der Waals surface area contributed by atoms with Crippen LogP contribution in [0.4, 0.5) is 4.79 Å².